The monoisotopic (exact) mass is 480 g/mol. The molecule has 2 aliphatic heterocycles. The lowest BCUT2D eigenvalue weighted by Crippen LogP contribution is -2.45. The van der Waals surface area contributed by atoms with Crippen molar-refractivity contribution in [1.82, 2.24) is 10.6 Å². The van der Waals surface area contributed by atoms with Crippen LogP contribution >= 0.6 is 17.2 Å². The third-order valence-electron chi connectivity index (χ3n) is 7.93. The van der Waals surface area contributed by atoms with Crippen LogP contribution in [0.5, 0.6) is 0 Å². The minimum atomic E-state index is -1.36. The van der Waals surface area contributed by atoms with E-state index in [1.807, 2.05) is 0 Å². The van der Waals surface area contributed by atoms with Gasteiger partial charge in [-0.05, 0) is 67.3 Å². The quantitative estimate of drug-likeness (QED) is 0.346. The zero-order chi connectivity index (χ0) is 23.2. The number of hydrogen-bond donors (Lipinski definition) is 2. The highest BCUT2D eigenvalue weighted by molar-refractivity contribution is 7.60. The van der Waals surface area contributed by atoms with Crippen molar-refractivity contribution < 1.29 is 0 Å². The summed E-state index contributed by atoms with van der Waals surface area (Å²) in [5.41, 5.74) is 1.78. The Kier molecular flexibility index (Phi) is 7.79. The van der Waals surface area contributed by atoms with Crippen LogP contribution in [0.2, 0.25) is 19.6 Å². The van der Waals surface area contributed by atoms with Gasteiger partial charge in [0, 0.05) is 11.1 Å². The Hall–Kier alpha value is 0.477. The Balaban J connectivity index is 2.05. The van der Waals surface area contributed by atoms with Gasteiger partial charge >= 0.3 is 0 Å². The summed E-state index contributed by atoms with van der Waals surface area (Å²) in [6.07, 6.45) is 9.45. The molecular formula is C26H50N2P2Si. The third-order valence-corrected chi connectivity index (χ3v) is 15.2. The van der Waals surface area contributed by atoms with E-state index in [9.17, 15) is 0 Å². The first-order chi connectivity index (χ1) is 14.1. The van der Waals surface area contributed by atoms with Crippen LogP contribution in [0.25, 0.3) is 0 Å². The molecule has 3 rings (SSSR count). The van der Waals surface area contributed by atoms with Crippen molar-refractivity contribution in [2.24, 2.45) is 17.8 Å². The van der Waals surface area contributed by atoms with Gasteiger partial charge in [0.05, 0.1) is 8.07 Å². The smallest absolute Gasteiger partial charge is 0.0772 e. The lowest BCUT2D eigenvalue weighted by molar-refractivity contribution is 0.324. The molecule has 1 aliphatic carbocycles. The molecule has 0 aromatic carbocycles. The number of rotatable bonds is 6. The largest absolute Gasteiger partial charge is 0.316 e. The first-order valence-electron chi connectivity index (χ1n) is 12.6. The predicted octanol–water partition coefficient (Wildman–Crippen LogP) is 6.26. The molecule has 4 unspecified atom stereocenters. The van der Waals surface area contributed by atoms with Gasteiger partial charge in [-0.25, -0.2) is 0 Å². The first kappa shape index (κ1) is 26.1. The van der Waals surface area contributed by atoms with Crippen LogP contribution in [0.4, 0.5) is 0 Å². The fourth-order valence-corrected chi connectivity index (χ4v) is 12.3. The van der Waals surface area contributed by atoms with E-state index >= 15 is 0 Å². The summed E-state index contributed by atoms with van der Waals surface area (Å²) >= 11 is 0. The molecule has 2 heterocycles. The molecule has 0 bridgehead atoms. The van der Waals surface area contributed by atoms with Crippen LogP contribution in [-0.4, -0.2) is 55.9 Å². The average molecular weight is 481 g/mol. The SMILES string of the molecule is CC(C)(C)P(CC1C=C([Si](C)(C)C)C=C1C(P)(C1CCNC1)C1CCNC1)C(C)(C)C. The van der Waals surface area contributed by atoms with E-state index in [0.29, 0.717) is 16.2 Å². The van der Waals surface area contributed by atoms with E-state index in [4.69, 9.17) is 0 Å². The summed E-state index contributed by atoms with van der Waals surface area (Å²) in [7, 11) is 2.02. The minimum absolute atomic E-state index is 0.117. The summed E-state index contributed by atoms with van der Waals surface area (Å²) in [6, 6.07) is 0. The predicted molar refractivity (Wildman–Crippen MR) is 149 cm³/mol. The zero-order valence-corrected chi connectivity index (χ0v) is 24.9. The Morgan fingerprint density at radius 3 is 1.77 bits per heavy atom. The second-order valence-corrected chi connectivity index (χ2v) is 23.3. The van der Waals surface area contributed by atoms with Crippen molar-refractivity contribution in [2.75, 3.05) is 32.3 Å². The van der Waals surface area contributed by atoms with Gasteiger partial charge in [0.25, 0.3) is 0 Å². The van der Waals surface area contributed by atoms with Gasteiger partial charge in [-0.1, -0.05) is 92.0 Å². The molecule has 0 radical (unpaired) electrons. The van der Waals surface area contributed by atoms with Crippen molar-refractivity contribution in [3.63, 3.8) is 0 Å². The fraction of sp³-hybridized carbons (Fsp3) is 0.846. The maximum Gasteiger partial charge on any atom is 0.0772 e. The Morgan fingerprint density at radius 1 is 0.935 bits per heavy atom. The summed E-state index contributed by atoms with van der Waals surface area (Å²) in [4.78, 5) is 0. The number of hydrogen-bond acceptors (Lipinski definition) is 2. The van der Waals surface area contributed by atoms with E-state index in [-0.39, 0.29) is 13.1 Å². The van der Waals surface area contributed by atoms with Crippen molar-refractivity contribution in [3.8, 4) is 0 Å². The van der Waals surface area contributed by atoms with Crippen LogP contribution in [0, 0.1) is 17.8 Å². The summed E-state index contributed by atoms with van der Waals surface area (Å²) in [5.74, 6) is 2.09. The lowest BCUT2D eigenvalue weighted by atomic mass is 9.71. The highest BCUT2D eigenvalue weighted by Crippen LogP contribution is 2.63. The van der Waals surface area contributed by atoms with E-state index in [2.05, 4.69) is 93.2 Å². The van der Waals surface area contributed by atoms with E-state index in [1.165, 1.54) is 45.2 Å². The molecule has 3 aliphatic rings. The highest BCUT2D eigenvalue weighted by atomic mass is 31.1. The highest BCUT2D eigenvalue weighted by Gasteiger charge is 2.50. The van der Waals surface area contributed by atoms with E-state index in [1.54, 1.807) is 10.8 Å². The van der Waals surface area contributed by atoms with Crippen molar-refractivity contribution in [3.05, 3.63) is 22.9 Å². The topological polar surface area (TPSA) is 24.1 Å². The second kappa shape index (κ2) is 9.26. The fourth-order valence-electron chi connectivity index (χ4n) is 6.37. The van der Waals surface area contributed by atoms with Crippen LogP contribution in [-0.2, 0) is 0 Å². The summed E-state index contributed by atoms with van der Waals surface area (Å²) in [5, 5.41) is 10.1. The Bertz CT molecular complexity index is 666. The zero-order valence-electron chi connectivity index (χ0n) is 21.9. The molecule has 2 fully saturated rings. The van der Waals surface area contributed by atoms with Gasteiger partial charge < -0.3 is 10.6 Å². The van der Waals surface area contributed by atoms with Crippen LogP contribution in [0.1, 0.15) is 54.4 Å². The molecule has 5 heteroatoms. The van der Waals surface area contributed by atoms with Crippen molar-refractivity contribution in [1.29, 1.82) is 0 Å². The molecule has 0 saturated carbocycles. The van der Waals surface area contributed by atoms with Gasteiger partial charge in [0.15, 0.2) is 0 Å². The molecule has 2 saturated heterocycles. The normalized spacial score (nSPS) is 30.0. The maximum atomic E-state index is 3.71. The summed E-state index contributed by atoms with van der Waals surface area (Å²) in [6.45, 7) is 27.2. The lowest BCUT2D eigenvalue weighted by Gasteiger charge is -2.47. The molecule has 2 nitrogen and oxygen atoms in total. The number of nitrogens with one attached hydrogen (secondary N) is 2. The van der Waals surface area contributed by atoms with Gasteiger partial charge in [0.2, 0.25) is 0 Å². The van der Waals surface area contributed by atoms with Crippen LogP contribution in [0.3, 0.4) is 0 Å². The van der Waals surface area contributed by atoms with Gasteiger partial charge in [-0.15, -0.1) is 9.24 Å². The van der Waals surface area contributed by atoms with Crippen LogP contribution in [0.15, 0.2) is 22.9 Å². The Labute approximate surface area is 198 Å². The molecule has 0 amide bonds. The average Bonchev–Trinajstić information content (AvgIpc) is 3.38. The molecule has 4 atom stereocenters. The number of allylic oxidation sites excluding steroid dienone is 4. The first-order valence-corrected chi connectivity index (χ1v) is 18.2. The molecule has 0 aromatic rings. The van der Waals surface area contributed by atoms with Crippen molar-refractivity contribution >= 4 is 25.2 Å². The standard InChI is InChI=1S/C26H50N2P2Si/c1-24(2,3)30(25(4,5)6)18-19-14-22(31(7,8)9)15-23(19)26(29,20-10-12-27-16-20)21-11-13-28-17-21/h14-15,19-21,27-28H,10-13,16-18,29H2,1-9H3. The van der Waals surface area contributed by atoms with Crippen molar-refractivity contribution in [2.45, 2.75) is 89.5 Å². The molecule has 0 spiro atoms. The molecule has 0 aromatic heterocycles. The molecular weight excluding hydrogens is 430 g/mol. The maximum absolute atomic E-state index is 3.71. The Morgan fingerprint density at radius 2 is 1.42 bits per heavy atom. The summed E-state index contributed by atoms with van der Waals surface area (Å²) < 4.78 is 0. The third kappa shape index (κ3) is 5.59. The molecule has 2 N–H and O–H groups in total. The van der Waals surface area contributed by atoms with Gasteiger partial charge in [0.1, 0.15) is 0 Å². The molecule has 178 valence electrons. The second-order valence-electron chi connectivity index (χ2n) is 13.3. The van der Waals surface area contributed by atoms with Gasteiger partial charge in [-0.2, -0.15) is 0 Å². The van der Waals surface area contributed by atoms with E-state index in [0.717, 1.165) is 11.8 Å². The van der Waals surface area contributed by atoms with Gasteiger partial charge in [-0.3, -0.25) is 0 Å². The van der Waals surface area contributed by atoms with E-state index < -0.39 is 8.07 Å². The van der Waals surface area contributed by atoms with Crippen LogP contribution < -0.4 is 10.6 Å². The molecule has 31 heavy (non-hydrogen) atoms. The minimum Gasteiger partial charge on any atom is -0.316 e.